The van der Waals surface area contributed by atoms with Crippen LogP contribution >= 0.6 is 0 Å². The molecule has 0 aliphatic rings. The third-order valence-electron chi connectivity index (χ3n) is 2.60. The average molecular weight is 299 g/mol. The summed E-state index contributed by atoms with van der Waals surface area (Å²) in [4.78, 5) is -0.118. The zero-order valence-electron chi connectivity index (χ0n) is 10.2. The van der Waals surface area contributed by atoms with Crippen LogP contribution in [0.25, 0.3) is 0 Å². The Bertz CT molecular complexity index is 732. The molecule has 2 rings (SSSR count). The predicted molar refractivity (Wildman–Crippen MR) is 69.5 cm³/mol. The molecule has 20 heavy (non-hydrogen) atoms. The van der Waals surface area contributed by atoms with E-state index in [4.69, 9.17) is 5.11 Å². The monoisotopic (exact) mass is 299 g/mol. The fourth-order valence-corrected chi connectivity index (χ4v) is 2.95. The molecule has 0 aromatic heterocycles. The van der Waals surface area contributed by atoms with Crippen molar-refractivity contribution in [2.24, 2.45) is 0 Å². The number of nitrogens with one attached hydrogen (secondary N) is 1. The number of halogens is 2. The van der Waals surface area contributed by atoms with Gasteiger partial charge in [0.25, 0.3) is 10.0 Å². The van der Waals surface area contributed by atoms with Crippen LogP contribution in [0.15, 0.2) is 47.4 Å². The van der Waals surface area contributed by atoms with Gasteiger partial charge in [-0.2, -0.15) is 0 Å². The van der Waals surface area contributed by atoms with Gasteiger partial charge in [0.1, 0.15) is 0 Å². The lowest BCUT2D eigenvalue weighted by Crippen LogP contribution is -2.15. The molecule has 0 atom stereocenters. The molecule has 0 aliphatic heterocycles. The summed E-state index contributed by atoms with van der Waals surface area (Å²) < 4.78 is 52.3. The van der Waals surface area contributed by atoms with Gasteiger partial charge >= 0.3 is 0 Å². The van der Waals surface area contributed by atoms with Gasteiger partial charge in [-0.1, -0.05) is 18.2 Å². The molecule has 106 valence electrons. The molecule has 0 fully saturated rings. The predicted octanol–water partition coefficient (Wildman–Crippen LogP) is 2.26. The van der Waals surface area contributed by atoms with Crippen LogP contribution < -0.4 is 4.72 Å². The van der Waals surface area contributed by atoms with Crippen LogP contribution in [0.3, 0.4) is 0 Å². The van der Waals surface area contributed by atoms with Gasteiger partial charge in [0.15, 0.2) is 11.6 Å². The molecule has 7 heteroatoms. The molecular formula is C13H11F2NO3S. The molecule has 0 heterocycles. The fourth-order valence-electron chi connectivity index (χ4n) is 1.67. The lowest BCUT2D eigenvalue weighted by Gasteiger charge is -2.11. The first kappa shape index (κ1) is 14.4. The Labute approximate surface area is 114 Å². The highest BCUT2D eigenvalue weighted by Gasteiger charge is 2.18. The van der Waals surface area contributed by atoms with Crippen molar-refractivity contribution in [2.75, 3.05) is 4.72 Å². The number of rotatable bonds is 4. The zero-order chi connectivity index (χ0) is 14.8. The van der Waals surface area contributed by atoms with E-state index in [9.17, 15) is 17.2 Å². The summed E-state index contributed by atoms with van der Waals surface area (Å²) in [5, 5.41) is 9.13. The summed E-state index contributed by atoms with van der Waals surface area (Å²) in [6.07, 6.45) is 0. The van der Waals surface area contributed by atoms with Gasteiger partial charge in [-0.05, 0) is 23.8 Å². The van der Waals surface area contributed by atoms with Crippen molar-refractivity contribution in [1.82, 2.24) is 0 Å². The normalized spacial score (nSPS) is 11.3. The highest BCUT2D eigenvalue weighted by molar-refractivity contribution is 7.92. The van der Waals surface area contributed by atoms with E-state index >= 15 is 0 Å². The summed E-state index contributed by atoms with van der Waals surface area (Å²) in [5.41, 5.74) is 0.110. The maximum atomic E-state index is 13.1. The number of hydrogen-bond acceptors (Lipinski definition) is 3. The van der Waals surface area contributed by atoms with E-state index in [0.29, 0.717) is 0 Å². The Kier molecular flexibility index (Phi) is 4.01. The van der Waals surface area contributed by atoms with Gasteiger partial charge in [0.2, 0.25) is 0 Å². The van der Waals surface area contributed by atoms with Gasteiger partial charge in [-0.25, -0.2) is 17.2 Å². The number of aliphatic hydroxyl groups is 1. The van der Waals surface area contributed by atoms with Crippen molar-refractivity contribution in [3.63, 3.8) is 0 Å². The first-order chi connectivity index (χ1) is 9.44. The number of sulfonamides is 1. The average Bonchev–Trinajstić information content (AvgIpc) is 2.42. The maximum Gasteiger partial charge on any atom is 0.262 e. The molecule has 0 aliphatic carbocycles. The minimum atomic E-state index is -3.98. The second-order valence-corrected chi connectivity index (χ2v) is 5.65. The number of anilines is 1. The van der Waals surface area contributed by atoms with Crippen molar-refractivity contribution in [1.29, 1.82) is 0 Å². The van der Waals surface area contributed by atoms with Crippen molar-refractivity contribution in [2.45, 2.75) is 11.5 Å². The Morgan fingerprint density at radius 3 is 2.40 bits per heavy atom. The molecule has 0 bridgehead atoms. The molecular weight excluding hydrogens is 288 g/mol. The van der Waals surface area contributed by atoms with E-state index in [1.165, 1.54) is 18.2 Å². The number of aliphatic hydroxyl groups excluding tert-OH is 1. The van der Waals surface area contributed by atoms with E-state index in [1.807, 2.05) is 0 Å². The van der Waals surface area contributed by atoms with Crippen LogP contribution in [-0.4, -0.2) is 13.5 Å². The molecule has 0 spiro atoms. The molecule has 4 nitrogen and oxygen atoms in total. The van der Waals surface area contributed by atoms with Crippen LogP contribution in [0.2, 0.25) is 0 Å². The molecule has 2 N–H and O–H groups in total. The first-order valence-corrected chi connectivity index (χ1v) is 7.09. The molecule has 2 aromatic rings. The van der Waals surface area contributed by atoms with E-state index in [1.54, 1.807) is 6.07 Å². The molecule has 2 aromatic carbocycles. The van der Waals surface area contributed by atoms with Crippen LogP contribution in [0.5, 0.6) is 0 Å². The van der Waals surface area contributed by atoms with E-state index < -0.39 is 28.3 Å². The fraction of sp³-hybridized carbons (Fsp3) is 0.0769. The van der Waals surface area contributed by atoms with E-state index in [2.05, 4.69) is 4.72 Å². The molecule has 0 amide bonds. The smallest absolute Gasteiger partial charge is 0.262 e. The minimum Gasteiger partial charge on any atom is -0.392 e. The second-order valence-electron chi connectivity index (χ2n) is 4.00. The summed E-state index contributed by atoms with van der Waals surface area (Å²) >= 11 is 0. The number of benzene rings is 2. The zero-order valence-corrected chi connectivity index (χ0v) is 11.0. The molecule has 0 radical (unpaired) electrons. The van der Waals surface area contributed by atoms with Gasteiger partial charge in [-0.3, -0.25) is 4.72 Å². The summed E-state index contributed by atoms with van der Waals surface area (Å²) in [5.74, 6) is -2.22. The van der Waals surface area contributed by atoms with Gasteiger partial charge < -0.3 is 5.11 Å². The summed E-state index contributed by atoms with van der Waals surface area (Å²) in [7, 11) is -3.98. The quantitative estimate of drug-likeness (QED) is 0.910. The molecule has 0 saturated heterocycles. The second kappa shape index (κ2) is 5.56. The topological polar surface area (TPSA) is 66.4 Å². The van der Waals surface area contributed by atoms with Crippen molar-refractivity contribution < 1.29 is 22.3 Å². The summed E-state index contributed by atoms with van der Waals surface area (Å²) in [6.45, 7) is -0.450. The van der Waals surface area contributed by atoms with Crippen molar-refractivity contribution >= 4 is 15.7 Å². The lowest BCUT2D eigenvalue weighted by atomic mass is 10.2. The Morgan fingerprint density at radius 1 is 1.05 bits per heavy atom. The molecule has 0 unspecified atom stereocenters. The Hall–Kier alpha value is -1.99. The highest BCUT2D eigenvalue weighted by atomic mass is 32.2. The first-order valence-electron chi connectivity index (χ1n) is 5.60. The van der Waals surface area contributed by atoms with Crippen LogP contribution in [0, 0.1) is 11.6 Å². The number of hydrogen-bond donors (Lipinski definition) is 2. The van der Waals surface area contributed by atoms with Gasteiger partial charge in [0.05, 0.1) is 17.2 Å². The standard InChI is InChI=1S/C13H11F2NO3S/c14-11-6-5-10(7-12(11)15)16-20(18,19)13-4-2-1-3-9(13)8-17/h1-7,16-17H,8H2. The van der Waals surface area contributed by atoms with Crippen LogP contribution in [0.1, 0.15) is 5.56 Å². The maximum absolute atomic E-state index is 13.1. The lowest BCUT2D eigenvalue weighted by molar-refractivity contribution is 0.278. The minimum absolute atomic E-state index is 0.100. The third-order valence-corrected chi connectivity index (χ3v) is 4.09. The van der Waals surface area contributed by atoms with Gasteiger partial charge in [-0.15, -0.1) is 0 Å². The SMILES string of the molecule is O=S(=O)(Nc1ccc(F)c(F)c1)c1ccccc1CO. The third kappa shape index (κ3) is 2.94. The van der Waals surface area contributed by atoms with Crippen molar-refractivity contribution in [3.05, 3.63) is 59.7 Å². The Balaban J connectivity index is 2.38. The van der Waals surface area contributed by atoms with Gasteiger partial charge in [0, 0.05) is 6.07 Å². The Morgan fingerprint density at radius 2 is 1.75 bits per heavy atom. The van der Waals surface area contributed by atoms with Crippen molar-refractivity contribution in [3.8, 4) is 0 Å². The highest BCUT2D eigenvalue weighted by Crippen LogP contribution is 2.21. The van der Waals surface area contributed by atoms with Crippen LogP contribution in [0.4, 0.5) is 14.5 Å². The molecule has 0 saturated carbocycles. The summed E-state index contributed by atoms with van der Waals surface area (Å²) in [6, 6.07) is 8.53. The largest absolute Gasteiger partial charge is 0.392 e. The van der Waals surface area contributed by atoms with E-state index in [-0.39, 0.29) is 16.1 Å². The van der Waals surface area contributed by atoms with E-state index in [0.717, 1.165) is 18.2 Å². The van der Waals surface area contributed by atoms with Crippen LogP contribution in [-0.2, 0) is 16.6 Å².